The van der Waals surface area contributed by atoms with E-state index in [0.717, 1.165) is 11.3 Å². The highest BCUT2D eigenvalue weighted by molar-refractivity contribution is 7.91. The first kappa shape index (κ1) is 13.3. The fourth-order valence-corrected chi connectivity index (χ4v) is 5.06. The van der Waals surface area contributed by atoms with E-state index in [0.29, 0.717) is 17.2 Å². The molecule has 0 bridgehead atoms. The molecule has 1 aliphatic rings. The van der Waals surface area contributed by atoms with E-state index >= 15 is 0 Å². The van der Waals surface area contributed by atoms with Crippen LogP contribution in [0.5, 0.6) is 0 Å². The van der Waals surface area contributed by atoms with Crippen molar-refractivity contribution >= 4 is 32.3 Å². The zero-order chi connectivity index (χ0) is 13.6. The van der Waals surface area contributed by atoms with E-state index in [1.54, 1.807) is 6.92 Å². The lowest BCUT2D eigenvalue weighted by Crippen LogP contribution is -2.35. The molecule has 1 atom stereocenters. The molecule has 6 nitrogen and oxygen atoms in total. The molecule has 2 heterocycles. The standard InChI is InChI=1S/C10H14N2O4S2/c1-6-7(8(13)14)17-9(11-6)12-10(2)3-4-18(15,16)5-10/h3-5H2,1-2H3,(H,11,12)(H,13,14). The molecular formula is C10H14N2O4S2. The zero-order valence-electron chi connectivity index (χ0n) is 10.1. The third-order valence-corrected chi connectivity index (χ3v) is 5.87. The summed E-state index contributed by atoms with van der Waals surface area (Å²) in [5, 5.41) is 12.5. The van der Waals surface area contributed by atoms with Gasteiger partial charge in [-0.3, -0.25) is 0 Å². The van der Waals surface area contributed by atoms with Gasteiger partial charge in [0, 0.05) is 0 Å². The van der Waals surface area contributed by atoms with Gasteiger partial charge in [-0.1, -0.05) is 11.3 Å². The number of carboxylic acid groups (broad SMARTS) is 1. The second-order valence-electron chi connectivity index (χ2n) is 4.77. The maximum atomic E-state index is 11.5. The van der Waals surface area contributed by atoms with Crippen LogP contribution in [0.25, 0.3) is 0 Å². The second-order valence-corrected chi connectivity index (χ2v) is 7.95. The minimum Gasteiger partial charge on any atom is -0.477 e. The van der Waals surface area contributed by atoms with Crippen molar-refractivity contribution < 1.29 is 18.3 Å². The Kier molecular flexibility index (Phi) is 3.10. The maximum Gasteiger partial charge on any atom is 0.347 e. The lowest BCUT2D eigenvalue weighted by atomic mass is 10.0. The summed E-state index contributed by atoms with van der Waals surface area (Å²) in [5.41, 5.74) is -0.113. The average Bonchev–Trinajstić information content (AvgIpc) is 2.67. The van der Waals surface area contributed by atoms with Gasteiger partial charge < -0.3 is 10.4 Å². The molecule has 0 radical (unpaired) electrons. The second kappa shape index (κ2) is 4.20. The molecule has 0 aliphatic carbocycles. The topological polar surface area (TPSA) is 96.4 Å². The predicted molar refractivity (Wildman–Crippen MR) is 69.1 cm³/mol. The van der Waals surface area contributed by atoms with Crippen LogP contribution in [-0.2, 0) is 9.84 Å². The van der Waals surface area contributed by atoms with Gasteiger partial charge in [0.15, 0.2) is 15.0 Å². The highest BCUT2D eigenvalue weighted by atomic mass is 32.2. The van der Waals surface area contributed by atoms with Gasteiger partial charge in [0.1, 0.15) is 4.88 Å². The van der Waals surface area contributed by atoms with Crippen LogP contribution in [0, 0.1) is 6.92 Å². The van der Waals surface area contributed by atoms with Gasteiger partial charge in [0.2, 0.25) is 0 Å². The Balaban J connectivity index is 2.20. The number of hydrogen-bond acceptors (Lipinski definition) is 6. The molecular weight excluding hydrogens is 276 g/mol. The fourth-order valence-electron chi connectivity index (χ4n) is 2.02. The Morgan fingerprint density at radius 1 is 1.56 bits per heavy atom. The molecule has 1 aliphatic heterocycles. The summed E-state index contributed by atoms with van der Waals surface area (Å²) in [7, 11) is -3.00. The number of nitrogens with zero attached hydrogens (tertiary/aromatic N) is 1. The average molecular weight is 290 g/mol. The van der Waals surface area contributed by atoms with E-state index in [9.17, 15) is 13.2 Å². The van der Waals surface area contributed by atoms with E-state index in [4.69, 9.17) is 5.11 Å². The molecule has 0 amide bonds. The lowest BCUT2D eigenvalue weighted by molar-refractivity contribution is 0.0701. The summed E-state index contributed by atoms with van der Waals surface area (Å²) in [6.45, 7) is 3.44. The number of aromatic nitrogens is 1. The zero-order valence-corrected chi connectivity index (χ0v) is 11.7. The Labute approximate surface area is 109 Å². The summed E-state index contributed by atoms with van der Waals surface area (Å²) in [4.78, 5) is 15.2. The third-order valence-electron chi connectivity index (χ3n) is 2.90. The molecule has 0 aromatic carbocycles. The molecule has 18 heavy (non-hydrogen) atoms. The van der Waals surface area contributed by atoms with Gasteiger partial charge >= 0.3 is 5.97 Å². The van der Waals surface area contributed by atoms with E-state index < -0.39 is 21.3 Å². The van der Waals surface area contributed by atoms with Crippen LogP contribution in [-0.4, -0.2) is 41.5 Å². The van der Waals surface area contributed by atoms with Crippen molar-refractivity contribution in [3.05, 3.63) is 10.6 Å². The van der Waals surface area contributed by atoms with Gasteiger partial charge in [-0.2, -0.15) is 0 Å². The highest BCUT2D eigenvalue weighted by Crippen LogP contribution is 2.30. The lowest BCUT2D eigenvalue weighted by Gasteiger charge is -2.23. The largest absolute Gasteiger partial charge is 0.477 e. The summed E-state index contributed by atoms with van der Waals surface area (Å²) >= 11 is 1.04. The van der Waals surface area contributed by atoms with Crippen molar-refractivity contribution in [3.63, 3.8) is 0 Å². The first-order valence-corrected chi connectivity index (χ1v) is 8.04. The number of aromatic carboxylic acids is 1. The molecule has 0 spiro atoms. The van der Waals surface area contributed by atoms with Gasteiger partial charge in [0.25, 0.3) is 0 Å². The first-order chi connectivity index (χ1) is 8.21. The van der Waals surface area contributed by atoms with Crippen LogP contribution >= 0.6 is 11.3 Å². The minimum atomic E-state index is -3.00. The Morgan fingerprint density at radius 2 is 2.22 bits per heavy atom. The molecule has 1 unspecified atom stereocenters. The monoisotopic (exact) mass is 290 g/mol. The first-order valence-electron chi connectivity index (χ1n) is 5.40. The molecule has 100 valence electrons. The Bertz CT molecular complexity index is 593. The van der Waals surface area contributed by atoms with Crippen LogP contribution < -0.4 is 5.32 Å². The number of thiazole rings is 1. The van der Waals surface area contributed by atoms with E-state index in [1.165, 1.54) is 0 Å². The van der Waals surface area contributed by atoms with Crippen LogP contribution in [0.2, 0.25) is 0 Å². The number of carboxylic acids is 1. The molecule has 8 heteroatoms. The number of anilines is 1. The number of sulfone groups is 1. The van der Waals surface area contributed by atoms with Crippen LogP contribution in [0.3, 0.4) is 0 Å². The summed E-state index contributed by atoms with van der Waals surface area (Å²) in [6.07, 6.45) is 0.510. The van der Waals surface area contributed by atoms with Crippen molar-refractivity contribution in [1.29, 1.82) is 0 Å². The molecule has 1 aromatic rings. The quantitative estimate of drug-likeness (QED) is 0.866. The number of nitrogens with one attached hydrogen (secondary N) is 1. The molecule has 2 rings (SSSR count). The summed E-state index contributed by atoms with van der Waals surface area (Å²) < 4.78 is 22.9. The van der Waals surface area contributed by atoms with Crippen molar-refractivity contribution in [2.75, 3.05) is 16.8 Å². The summed E-state index contributed by atoms with van der Waals surface area (Å²) in [6, 6.07) is 0. The van der Waals surface area contributed by atoms with Gasteiger partial charge in [-0.05, 0) is 20.3 Å². The van der Waals surface area contributed by atoms with Gasteiger partial charge in [-0.25, -0.2) is 18.2 Å². The summed E-state index contributed by atoms with van der Waals surface area (Å²) in [5.74, 6) is -0.796. The Morgan fingerprint density at radius 3 is 2.67 bits per heavy atom. The molecule has 1 fully saturated rings. The number of carbonyl (C=O) groups is 1. The maximum absolute atomic E-state index is 11.5. The minimum absolute atomic E-state index is 0.0566. The van der Waals surface area contributed by atoms with E-state index in [2.05, 4.69) is 10.3 Å². The highest BCUT2D eigenvalue weighted by Gasteiger charge is 2.39. The number of hydrogen-bond donors (Lipinski definition) is 2. The third kappa shape index (κ3) is 2.64. The van der Waals surface area contributed by atoms with Crippen molar-refractivity contribution in [2.45, 2.75) is 25.8 Å². The van der Waals surface area contributed by atoms with Crippen molar-refractivity contribution in [2.24, 2.45) is 0 Å². The van der Waals surface area contributed by atoms with Crippen LogP contribution in [0.4, 0.5) is 5.13 Å². The predicted octanol–water partition coefficient (Wildman–Crippen LogP) is 1.14. The molecule has 1 saturated heterocycles. The van der Waals surface area contributed by atoms with Crippen LogP contribution in [0.15, 0.2) is 0 Å². The van der Waals surface area contributed by atoms with E-state index in [-0.39, 0.29) is 16.4 Å². The van der Waals surface area contributed by atoms with E-state index in [1.807, 2.05) is 6.92 Å². The van der Waals surface area contributed by atoms with Gasteiger partial charge in [0.05, 0.1) is 22.7 Å². The fraction of sp³-hybridized carbons (Fsp3) is 0.600. The molecule has 1 aromatic heterocycles. The van der Waals surface area contributed by atoms with Crippen molar-refractivity contribution in [3.8, 4) is 0 Å². The van der Waals surface area contributed by atoms with Gasteiger partial charge in [-0.15, -0.1) is 0 Å². The molecule has 2 N–H and O–H groups in total. The smallest absolute Gasteiger partial charge is 0.347 e. The van der Waals surface area contributed by atoms with Crippen LogP contribution in [0.1, 0.15) is 28.7 Å². The number of rotatable bonds is 3. The SMILES string of the molecule is Cc1nc(NC2(C)CCS(=O)(=O)C2)sc1C(=O)O. The molecule has 0 saturated carbocycles. The normalized spacial score (nSPS) is 26.1. The van der Waals surface area contributed by atoms with Crippen molar-refractivity contribution in [1.82, 2.24) is 4.98 Å². The Hall–Kier alpha value is -1.15. The number of aryl methyl sites for hydroxylation is 1.